The van der Waals surface area contributed by atoms with Crippen LogP contribution in [0.25, 0.3) is 17.0 Å². The molecule has 3 N–H and O–H groups in total. The van der Waals surface area contributed by atoms with Crippen LogP contribution in [-0.4, -0.2) is 33.5 Å². The Morgan fingerprint density at radius 2 is 1.90 bits per heavy atom. The van der Waals surface area contributed by atoms with E-state index in [1.807, 2.05) is 53.9 Å². The molecule has 4 heterocycles. The number of nitrogens with zero attached hydrogens (tertiary/aromatic N) is 4. The summed E-state index contributed by atoms with van der Waals surface area (Å²) in [7, 11) is 0. The van der Waals surface area contributed by atoms with Crippen molar-refractivity contribution in [1.82, 2.24) is 14.4 Å². The third-order valence-corrected chi connectivity index (χ3v) is 8.39. The molecule has 6 rings (SSSR count). The summed E-state index contributed by atoms with van der Waals surface area (Å²) in [5, 5.41) is 15.2. The highest BCUT2D eigenvalue weighted by molar-refractivity contribution is 7.10. The van der Waals surface area contributed by atoms with Gasteiger partial charge in [-0.2, -0.15) is 5.26 Å². The number of thiazole rings is 1. The molecule has 0 radical (unpaired) electrons. The van der Waals surface area contributed by atoms with Gasteiger partial charge in [0.05, 0.1) is 39.8 Å². The topological polar surface area (TPSA) is 118 Å². The average Bonchev–Trinajstić information content (AvgIpc) is 3.58. The molecular weight excluding hydrogens is 508 g/mol. The first-order chi connectivity index (χ1) is 19.0. The van der Waals surface area contributed by atoms with Crippen molar-refractivity contribution in [3.8, 4) is 17.5 Å². The Kier molecular flexibility index (Phi) is 6.35. The molecule has 0 aliphatic carbocycles. The minimum atomic E-state index is -0.317. The van der Waals surface area contributed by atoms with Crippen LogP contribution in [-0.2, 0) is 10.2 Å². The number of nitrogens with one attached hydrogen (secondary N) is 1. The Hall–Kier alpha value is -4.52. The van der Waals surface area contributed by atoms with Crippen molar-refractivity contribution >= 4 is 34.3 Å². The lowest BCUT2D eigenvalue weighted by molar-refractivity contribution is 0.0630. The quantitative estimate of drug-likeness (QED) is 0.285. The highest BCUT2D eigenvalue weighted by Gasteiger charge is 2.39. The van der Waals surface area contributed by atoms with Crippen LogP contribution in [0.5, 0.6) is 0 Å². The third-order valence-electron chi connectivity index (χ3n) is 7.34. The van der Waals surface area contributed by atoms with Crippen molar-refractivity contribution in [2.24, 2.45) is 0 Å². The summed E-state index contributed by atoms with van der Waals surface area (Å²) in [6.45, 7) is 3.23. The van der Waals surface area contributed by atoms with Crippen LogP contribution in [0.2, 0.25) is 0 Å². The van der Waals surface area contributed by atoms with E-state index in [2.05, 4.69) is 21.8 Å². The van der Waals surface area contributed by atoms with Crippen LogP contribution in [0.4, 0.5) is 11.4 Å². The smallest absolute Gasteiger partial charge is 0.255 e. The average molecular weight is 535 g/mol. The summed E-state index contributed by atoms with van der Waals surface area (Å²) in [5.74, 6) is -0.209. The van der Waals surface area contributed by atoms with Crippen LogP contribution in [0.15, 0.2) is 72.2 Å². The van der Waals surface area contributed by atoms with Crippen LogP contribution in [0, 0.1) is 18.3 Å². The normalized spacial score (nSPS) is 14.7. The first kappa shape index (κ1) is 24.8. The summed E-state index contributed by atoms with van der Waals surface area (Å²) < 4.78 is 7.73. The number of nitriles is 1. The molecule has 3 aromatic heterocycles. The second-order valence-electron chi connectivity index (χ2n) is 9.65. The Bertz CT molecular complexity index is 1720. The molecule has 1 aliphatic rings. The number of para-hydroxylation sites is 2. The highest BCUT2D eigenvalue weighted by Crippen LogP contribution is 2.44. The number of hydrogen-bond acceptors (Lipinski definition) is 7. The molecule has 0 saturated carbocycles. The number of benzene rings is 2. The Labute approximate surface area is 229 Å². The van der Waals surface area contributed by atoms with E-state index in [4.69, 9.17) is 15.5 Å². The van der Waals surface area contributed by atoms with Crippen LogP contribution in [0.1, 0.15) is 45.0 Å². The standard InChI is InChI=1S/C30H26N6O2S/c1-19-27(36-13-10-20(17-31)16-26(36)33-19)25-18-39-29(35-25)30(11-14-38-15-12-30)22-8-6-21(7-9-22)28(37)34-24-5-3-2-4-23(24)32/h2-10,13,16,18H,11-12,14-15,32H2,1H3,(H,34,37). The van der Waals surface area contributed by atoms with Crippen LogP contribution < -0.4 is 11.1 Å². The number of nitrogens with two attached hydrogens (primary N) is 1. The maximum atomic E-state index is 12.9. The van der Waals surface area contributed by atoms with Gasteiger partial charge in [-0.15, -0.1) is 11.3 Å². The maximum absolute atomic E-state index is 12.9. The number of hydrogen-bond donors (Lipinski definition) is 2. The second kappa shape index (κ2) is 9.98. The zero-order valence-corrected chi connectivity index (χ0v) is 22.2. The minimum Gasteiger partial charge on any atom is -0.397 e. The summed E-state index contributed by atoms with van der Waals surface area (Å²) in [4.78, 5) is 22.7. The number of rotatable bonds is 5. The number of aromatic nitrogens is 3. The lowest BCUT2D eigenvalue weighted by atomic mass is 9.74. The van der Waals surface area contributed by atoms with Crippen molar-refractivity contribution in [2.45, 2.75) is 25.2 Å². The predicted molar refractivity (Wildman–Crippen MR) is 152 cm³/mol. The number of fused-ring (bicyclic) bond motifs is 1. The summed E-state index contributed by atoms with van der Waals surface area (Å²) in [5.41, 5.74) is 12.4. The number of pyridine rings is 1. The van der Waals surface area contributed by atoms with Gasteiger partial charge in [0.15, 0.2) is 0 Å². The largest absolute Gasteiger partial charge is 0.397 e. The molecule has 0 atom stereocenters. The molecule has 1 aliphatic heterocycles. The number of carbonyl (C=O) groups is 1. The lowest BCUT2D eigenvalue weighted by Gasteiger charge is -2.36. The van der Waals surface area contributed by atoms with E-state index in [1.54, 1.807) is 35.6 Å². The summed E-state index contributed by atoms with van der Waals surface area (Å²) in [6, 6.07) is 20.7. The van der Waals surface area contributed by atoms with Gasteiger partial charge in [0, 0.05) is 30.4 Å². The molecule has 0 spiro atoms. The van der Waals surface area contributed by atoms with Gasteiger partial charge >= 0.3 is 0 Å². The van der Waals surface area contributed by atoms with E-state index in [0.717, 1.165) is 46.1 Å². The third kappa shape index (κ3) is 4.44. The molecule has 194 valence electrons. The van der Waals surface area contributed by atoms with E-state index < -0.39 is 0 Å². The molecule has 5 aromatic rings. The predicted octanol–water partition coefficient (Wildman–Crippen LogP) is 5.57. The number of amides is 1. The molecule has 1 saturated heterocycles. The molecule has 9 heteroatoms. The zero-order valence-electron chi connectivity index (χ0n) is 21.3. The van der Waals surface area contributed by atoms with E-state index >= 15 is 0 Å². The van der Waals surface area contributed by atoms with Crippen molar-refractivity contribution < 1.29 is 9.53 Å². The minimum absolute atomic E-state index is 0.209. The first-order valence-corrected chi connectivity index (χ1v) is 13.6. The molecule has 0 bridgehead atoms. The van der Waals surface area contributed by atoms with Gasteiger partial charge in [-0.1, -0.05) is 24.3 Å². The zero-order chi connectivity index (χ0) is 27.0. The lowest BCUT2D eigenvalue weighted by Crippen LogP contribution is -2.35. The molecule has 8 nitrogen and oxygen atoms in total. The number of aryl methyl sites for hydroxylation is 1. The Morgan fingerprint density at radius 1 is 1.13 bits per heavy atom. The van der Waals surface area contributed by atoms with Gasteiger partial charge in [-0.3, -0.25) is 9.20 Å². The van der Waals surface area contributed by atoms with Gasteiger partial charge in [0.1, 0.15) is 16.3 Å². The van der Waals surface area contributed by atoms with Crippen LogP contribution in [0.3, 0.4) is 0 Å². The number of ether oxygens (including phenoxy) is 1. The number of imidazole rings is 1. The van der Waals surface area contributed by atoms with Crippen molar-refractivity contribution in [3.63, 3.8) is 0 Å². The molecule has 1 fully saturated rings. The highest BCUT2D eigenvalue weighted by atomic mass is 32.1. The first-order valence-electron chi connectivity index (χ1n) is 12.7. The second-order valence-corrected chi connectivity index (χ2v) is 10.5. The fraction of sp³-hybridized carbons (Fsp3) is 0.200. The molecule has 1 amide bonds. The molecule has 39 heavy (non-hydrogen) atoms. The Balaban J connectivity index is 1.33. The summed E-state index contributed by atoms with van der Waals surface area (Å²) >= 11 is 1.63. The van der Waals surface area contributed by atoms with Crippen molar-refractivity contribution in [1.29, 1.82) is 5.26 Å². The molecular formula is C30H26N6O2S. The molecule has 2 aromatic carbocycles. The SMILES string of the molecule is Cc1nc2cc(C#N)ccn2c1-c1csc(C2(c3ccc(C(=O)Nc4ccccc4N)cc3)CCOCC2)n1. The number of nitrogen functional groups attached to an aromatic ring is 1. The van der Waals surface area contributed by atoms with E-state index in [9.17, 15) is 10.1 Å². The van der Waals surface area contributed by atoms with E-state index in [0.29, 0.717) is 35.7 Å². The van der Waals surface area contributed by atoms with Crippen molar-refractivity contribution in [2.75, 3.05) is 24.3 Å². The number of anilines is 2. The van der Waals surface area contributed by atoms with Crippen LogP contribution >= 0.6 is 11.3 Å². The maximum Gasteiger partial charge on any atom is 0.255 e. The fourth-order valence-corrected chi connectivity index (χ4v) is 6.32. The summed E-state index contributed by atoms with van der Waals surface area (Å²) in [6.07, 6.45) is 3.46. The van der Waals surface area contributed by atoms with E-state index in [1.165, 1.54) is 0 Å². The van der Waals surface area contributed by atoms with E-state index in [-0.39, 0.29) is 11.3 Å². The van der Waals surface area contributed by atoms with Gasteiger partial charge < -0.3 is 15.8 Å². The fourth-order valence-electron chi connectivity index (χ4n) is 5.23. The monoisotopic (exact) mass is 534 g/mol. The van der Waals surface area contributed by atoms with Gasteiger partial charge in [0.2, 0.25) is 0 Å². The number of carbonyl (C=O) groups excluding carboxylic acids is 1. The van der Waals surface area contributed by atoms with Crippen molar-refractivity contribution in [3.05, 3.63) is 99.6 Å². The Morgan fingerprint density at radius 3 is 2.64 bits per heavy atom. The van der Waals surface area contributed by atoms with Gasteiger partial charge in [0.25, 0.3) is 5.91 Å². The molecule has 0 unspecified atom stereocenters. The van der Waals surface area contributed by atoms with Gasteiger partial charge in [-0.25, -0.2) is 9.97 Å². The van der Waals surface area contributed by atoms with Gasteiger partial charge in [-0.05, 0) is 61.7 Å².